The minimum absolute atomic E-state index is 0.0496. The average Bonchev–Trinajstić information content (AvgIpc) is 3.11. The molecule has 0 aliphatic rings. The van der Waals surface area contributed by atoms with Crippen molar-refractivity contribution >= 4 is 11.0 Å². The molecule has 0 bridgehead atoms. The van der Waals surface area contributed by atoms with Crippen LogP contribution in [-0.2, 0) is 6.18 Å². The lowest BCUT2D eigenvalue weighted by Crippen LogP contribution is -2.07. The number of pyridine rings is 1. The second kappa shape index (κ2) is 6.25. The Kier molecular flexibility index (Phi) is 3.89. The summed E-state index contributed by atoms with van der Waals surface area (Å²) in [5.74, 6) is 0. The van der Waals surface area contributed by atoms with Crippen molar-refractivity contribution in [2.75, 3.05) is 0 Å². The van der Waals surface area contributed by atoms with E-state index in [2.05, 4.69) is 15.2 Å². The van der Waals surface area contributed by atoms with Gasteiger partial charge in [0.2, 0.25) is 0 Å². The van der Waals surface area contributed by atoms with Crippen molar-refractivity contribution < 1.29 is 13.2 Å². The molecule has 4 nitrogen and oxygen atoms in total. The van der Waals surface area contributed by atoms with Crippen LogP contribution in [0.2, 0.25) is 0 Å². The summed E-state index contributed by atoms with van der Waals surface area (Å²) < 4.78 is 41.5. The number of rotatable bonds is 2. The molecular formula is C20H11F3N4. The Hall–Kier alpha value is -3.66. The molecule has 7 heteroatoms. The van der Waals surface area contributed by atoms with Gasteiger partial charge in [0.15, 0.2) is 5.65 Å². The highest BCUT2D eigenvalue weighted by Gasteiger charge is 2.36. The van der Waals surface area contributed by atoms with Gasteiger partial charge in [-0.05, 0) is 12.1 Å². The first-order valence-corrected chi connectivity index (χ1v) is 8.00. The Balaban J connectivity index is 2.03. The molecule has 0 saturated heterocycles. The third-order valence-electron chi connectivity index (χ3n) is 4.22. The topological polar surface area (TPSA) is 65.4 Å². The fraction of sp³-hybridized carbons (Fsp3) is 0.0500. The highest BCUT2D eigenvalue weighted by Crippen LogP contribution is 2.40. The number of aromatic amines is 1. The van der Waals surface area contributed by atoms with Gasteiger partial charge in [-0.2, -0.15) is 23.5 Å². The first kappa shape index (κ1) is 16.8. The van der Waals surface area contributed by atoms with Crippen LogP contribution < -0.4 is 0 Å². The highest BCUT2D eigenvalue weighted by molar-refractivity contribution is 5.95. The lowest BCUT2D eigenvalue weighted by Gasteiger charge is -2.12. The van der Waals surface area contributed by atoms with E-state index in [1.807, 2.05) is 6.07 Å². The first-order chi connectivity index (χ1) is 13.0. The molecule has 2 heterocycles. The van der Waals surface area contributed by atoms with E-state index in [0.29, 0.717) is 11.1 Å². The summed E-state index contributed by atoms with van der Waals surface area (Å²) in [4.78, 5) is 4.28. The molecule has 0 amide bonds. The minimum atomic E-state index is -4.61. The van der Waals surface area contributed by atoms with E-state index in [1.54, 1.807) is 48.5 Å². The molecule has 0 aliphatic heterocycles. The molecule has 0 radical (unpaired) electrons. The zero-order chi connectivity index (χ0) is 19.0. The summed E-state index contributed by atoms with van der Waals surface area (Å²) in [6.45, 7) is 0. The largest absolute Gasteiger partial charge is 0.417 e. The maximum atomic E-state index is 13.8. The number of nitriles is 1. The zero-order valence-electron chi connectivity index (χ0n) is 13.7. The molecule has 4 rings (SSSR count). The molecule has 0 fully saturated rings. The second-order valence-electron chi connectivity index (χ2n) is 5.87. The third kappa shape index (κ3) is 2.91. The molecule has 132 valence electrons. The molecule has 1 N–H and O–H groups in total. The molecular weight excluding hydrogens is 353 g/mol. The van der Waals surface area contributed by atoms with Crippen LogP contribution in [0.1, 0.15) is 11.1 Å². The number of hydrogen-bond acceptors (Lipinski definition) is 3. The van der Waals surface area contributed by atoms with Gasteiger partial charge in [-0.25, -0.2) is 4.98 Å². The predicted molar refractivity (Wildman–Crippen MR) is 94.5 cm³/mol. The van der Waals surface area contributed by atoms with Gasteiger partial charge in [0.05, 0.1) is 34.0 Å². The summed E-state index contributed by atoms with van der Waals surface area (Å²) in [6.07, 6.45) is -4.61. The van der Waals surface area contributed by atoms with E-state index in [4.69, 9.17) is 0 Å². The second-order valence-corrected chi connectivity index (χ2v) is 5.87. The molecule has 2 aromatic heterocycles. The van der Waals surface area contributed by atoms with Gasteiger partial charge in [-0.3, -0.25) is 5.10 Å². The normalized spacial score (nSPS) is 11.5. The molecule has 0 unspecified atom stereocenters. The van der Waals surface area contributed by atoms with Gasteiger partial charge in [-0.15, -0.1) is 0 Å². The van der Waals surface area contributed by atoms with Gasteiger partial charge in [0.25, 0.3) is 0 Å². The van der Waals surface area contributed by atoms with Crippen molar-refractivity contribution in [2.45, 2.75) is 6.18 Å². The van der Waals surface area contributed by atoms with Crippen LogP contribution in [0.25, 0.3) is 33.5 Å². The van der Waals surface area contributed by atoms with Crippen LogP contribution >= 0.6 is 0 Å². The summed E-state index contributed by atoms with van der Waals surface area (Å²) in [5.41, 5.74) is 0.573. The molecule has 0 aliphatic carbocycles. The number of nitrogens with one attached hydrogen (secondary N) is 1. The summed E-state index contributed by atoms with van der Waals surface area (Å²) in [7, 11) is 0. The lowest BCUT2D eigenvalue weighted by atomic mass is 10.00. The van der Waals surface area contributed by atoms with Crippen molar-refractivity contribution in [3.05, 3.63) is 71.8 Å². The lowest BCUT2D eigenvalue weighted by molar-refractivity contribution is -0.136. The maximum Gasteiger partial charge on any atom is 0.417 e. The van der Waals surface area contributed by atoms with Crippen LogP contribution in [0.5, 0.6) is 0 Å². The number of halogens is 3. The number of nitrogens with zero attached hydrogens (tertiary/aromatic N) is 3. The van der Waals surface area contributed by atoms with E-state index in [9.17, 15) is 18.4 Å². The summed E-state index contributed by atoms with van der Waals surface area (Å²) in [6, 6.07) is 18.0. The van der Waals surface area contributed by atoms with Crippen molar-refractivity contribution in [1.29, 1.82) is 5.26 Å². The van der Waals surface area contributed by atoms with E-state index >= 15 is 0 Å². The smallest absolute Gasteiger partial charge is 0.275 e. The summed E-state index contributed by atoms with van der Waals surface area (Å²) >= 11 is 0. The predicted octanol–water partition coefficient (Wildman–Crippen LogP) is 5.18. The van der Waals surface area contributed by atoms with Crippen LogP contribution in [0.3, 0.4) is 0 Å². The minimum Gasteiger partial charge on any atom is -0.275 e. The van der Waals surface area contributed by atoms with Gasteiger partial charge in [0, 0.05) is 11.1 Å². The van der Waals surface area contributed by atoms with Gasteiger partial charge in [-0.1, -0.05) is 48.5 Å². The fourth-order valence-corrected chi connectivity index (χ4v) is 3.00. The molecule has 0 atom stereocenters. The van der Waals surface area contributed by atoms with Crippen molar-refractivity contribution in [3.63, 3.8) is 0 Å². The maximum absolute atomic E-state index is 13.8. The third-order valence-corrected chi connectivity index (χ3v) is 4.22. The highest BCUT2D eigenvalue weighted by atomic mass is 19.4. The number of H-pyrrole nitrogens is 1. The molecule has 2 aromatic carbocycles. The van der Waals surface area contributed by atoms with Gasteiger partial charge < -0.3 is 0 Å². The molecule has 27 heavy (non-hydrogen) atoms. The van der Waals surface area contributed by atoms with Crippen molar-refractivity contribution in [1.82, 2.24) is 15.2 Å². The SMILES string of the molecule is N#Cc1ccccc1-c1cc(C(F)(F)F)c2c(-c3ccccc3)[nH]nc2n1. The Morgan fingerprint density at radius 2 is 1.67 bits per heavy atom. The monoisotopic (exact) mass is 364 g/mol. The number of aromatic nitrogens is 3. The van der Waals surface area contributed by atoms with E-state index in [0.717, 1.165) is 6.07 Å². The Bertz CT molecular complexity index is 1170. The van der Waals surface area contributed by atoms with E-state index in [-0.39, 0.29) is 28.0 Å². The zero-order valence-corrected chi connectivity index (χ0v) is 13.7. The van der Waals surface area contributed by atoms with Gasteiger partial charge >= 0.3 is 6.18 Å². The standard InChI is InChI=1S/C20H11F3N4/c21-20(22,23)15-10-16(14-9-5-4-8-13(14)11-24)25-19-17(15)18(26-27-19)12-6-2-1-3-7-12/h1-10H,(H,25,26,27). The van der Waals surface area contributed by atoms with E-state index in [1.165, 1.54) is 6.07 Å². The Morgan fingerprint density at radius 1 is 0.963 bits per heavy atom. The van der Waals surface area contributed by atoms with Crippen molar-refractivity contribution in [2.24, 2.45) is 0 Å². The van der Waals surface area contributed by atoms with Crippen LogP contribution in [-0.4, -0.2) is 15.2 Å². The summed E-state index contributed by atoms with van der Waals surface area (Å²) in [5, 5.41) is 15.8. The van der Waals surface area contributed by atoms with Crippen LogP contribution in [0, 0.1) is 11.3 Å². The number of fused-ring (bicyclic) bond motifs is 1. The van der Waals surface area contributed by atoms with Crippen molar-refractivity contribution in [3.8, 4) is 28.6 Å². The van der Waals surface area contributed by atoms with Crippen LogP contribution in [0.15, 0.2) is 60.7 Å². The number of alkyl halides is 3. The molecule has 0 saturated carbocycles. The molecule has 4 aromatic rings. The Morgan fingerprint density at radius 3 is 2.37 bits per heavy atom. The molecule has 0 spiro atoms. The quantitative estimate of drug-likeness (QED) is 0.533. The van der Waals surface area contributed by atoms with Crippen LogP contribution in [0.4, 0.5) is 13.2 Å². The number of benzene rings is 2. The average molecular weight is 364 g/mol. The Labute approximate surface area is 151 Å². The van der Waals surface area contributed by atoms with Gasteiger partial charge in [0.1, 0.15) is 0 Å². The number of hydrogen-bond donors (Lipinski definition) is 1. The fourth-order valence-electron chi connectivity index (χ4n) is 3.00. The van der Waals surface area contributed by atoms with E-state index < -0.39 is 11.7 Å². The first-order valence-electron chi connectivity index (χ1n) is 8.00.